The number of hydrogen-bond donors (Lipinski definition) is 1. The molecule has 4 rings (SSSR count). The minimum Gasteiger partial charge on any atom is -0.306 e. The lowest BCUT2D eigenvalue weighted by atomic mass is 10.0. The van der Waals surface area contributed by atoms with Gasteiger partial charge < -0.3 is 4.98 Å². The Kier molecular flexibility index (Phi) is 4.17. The topological polar surface area (TPSA) is 45.8 Å². The molecule has 2 aromatic carbocycles. The second-order valence-electron chi connectivity index (χ2n) is 6.46. The van der Waals surface area contributed by atoms with Gasteiger partial charge in [0.2, 0.25) is 0 Å². The monoisotopic (exact) mass is 380 g/mol. The van der Waals surface area contributed by atoms with Crippen LogP contribution in [0, 0.1) is 20.8 Å². The Morgan fingerprint density at radius 3 is 2.38 bits per heavy atom. The lowest BCUT2D eigenvalue weighted by molar-refractivity contribution is 1.19. The highest BCUT2D eigenvalue weighted by Crippen LogP contribution is 2.37. The zero-order chi connectivity index (χ0) is 18.4. The molecule has 4 aromatic rings. The van der Waals surface area contributed by atoms with Crippen molar-refractivity contribution in [3.63, 3.8) is 0 Å². The van der Waals surface area contributed by atoms with E-state index in [-0.39, 0.29) is 5.56 Å². The number of benzene rings is 2. The summed E-state index contributed by atoms with van der Waals surface area (Å²) in [6.07, 6.45) is 0. The van der Waals surface area contributed by atoms with Gasteiger partial charge in [-0.15, -0.1) is 11.3 Å². The van der Waals surface area contributed by atoms with E-state index in [9.17, 15) is 4.79 Å². The second kappa shape index (κ2) is 6.38. The molecule has 0 aliphatic rings. The fourth-order valence-corrected chi connectivity index (χ4v) is 4.28. The normalized spacial score (nSPS) is 11.2. The predicted molar refractivity (Wildman–Crippen MR) is 110 cm³/mol. The number of nitrogens with zero attached hydrogens (tertiary/aromatic N) is 1. The molecule has 130 valence electrons. The van der Waals surface area contributed by atoms with E-state index in [4.69, 9.17) is 16.6 Å². The summed E-state index contributed by atoms with van der Waals surface area (Å²) in [5.41, 5.74) is 4.88. The largest absolute Gasteiger partial charge is 0.306 e. The van der Waals surface area contributed by atoms with E-state index in [1.165, 1.54) is 5.56 Å². The van der Waals surface area contributed by atoms with Gasteiger partial charge in [-0.25, -0.2) is 4.98 Å². The van der Waals surface area contributed by atoms with E-state index in [0.717, 1.165) is 37.0 Å². The summed E-state index contributed by atoms with van der Waals surface area (Å²) in [5, 5.41) is 1.37. The van der Waals surface area contributed by atoms with Gasteiger partial charge in [-0.3, -0.25) is 4.79 Å². The molecule has 1 N–H and O–H groups in total. The van der Waals surface area contributed by atoms with E-state index in [1.807, 2.05) is 63.2 Å². The highest BCUT2D eigenvalue weighted by molar-refractivity contribution is 7.19. The van der Waals surface area contributed by atoms with Gasteiger partial charge in [0.15, 0.2) is 0 Å². The van der Waals surface area contributed by atoms with Crippen molar-refractivity contribution in [2.75, 3.05) is 0 Å². The average Bonchev–Trinajstić information content (AvgIpc) is 2.94. The van der Waals surface area contributed by atoms with Crippen LogP contribution < -0.4 is 5.56 Å². The van der Waals surface area contributed by atoms with Crippen molar-refractivity contribution in [1.82, 2.24) is 9.97 Å². The molecule has 2 aromatic heterocycles. The molecule has 26 heavy (non-hydrogen) atoms. The Morgan fingerprint density at radius 1 is 1.00 bits per heavy atom. The van der Waals surface area contributed by atoms with Crippen molar-refractivity contribution >= 4 is 33.2 Å². The first-order valence-electron chi connectivity index (χ1n) is 8.31. The summed E-state index contributed by atoms with van der Waals surface area (Å²) in [7, 11) is 0. The maximum absolute atomic E-state index is 12.9. The van der Waals surface area contributed by atoms with Crippen LogP contribution in [0.15, 0.2) is 47.3 Å². The Balaban J connectivity index is 1.94. The lowest BCUT2D eigenvalue weighted by Gasteiger charge is -2.05. The van der Waals surface area contributed by atoms with Crippen LogP contribution in [0.1, 0.15) is 16.0 Å². The summed E-state index contributed by atoms with van der Waals surface area (Å²) < 4.78 is 0. The lowest BCUT2D eigenvalue weighted by Crippen LogP contribution is -2.09. The molecular weight excluding hydrogens is 364 g/mol. The van der Waals surface area contributed by atoms with Gasteiger partial charge in [0.1, 0.15) is 10.7 Å². The Labute approximate surface area is 160 Å². The summed E-state index contributed by atoms with van der Waals surface area (Å²) in [4.78, 5) is 22.4. The van der Waals surface area contributed by atoms with Gasteiger partial charge in [-0.1, -0.05) is 47.5 Å². The number of aryl methyl sites for hydroxylation is 3. The van der Waals surface area contributed by atoms with Gasteiger partial charge in [-0.05, 0) is 44.0 Å². The van der Waals surface area contributed by atoms with Crippen LogP contribution in [0.5, 0.6) is 0 Å². The smallest absolute Gasteiger partial charge is 0.260 e. The summed E-state index contributed by atoms with van der Waals surface area (Å²) in [5.74, 6) is 0.600. The Bertz CT molecular complexity index is 1190. The van der Waals surface area contributed by atoms with Crippen LogP contribution in [0.3, 0.4) is 0 Å². The van der Waals surface area contributed by atoms with E-state index in [1.54, 1.807) is 11.3 Å². The van der Waals surface area contributed by atoms with Crippen LogP contribution in [0.4, 0.5) is 0 Å². The summed E-state index contributed by atoms with van der Waals surface area (Å²) >= 11 is 7.70. The number of H-pyrrole nitrogens is 1. The van der Waals surface area contributed by atoms with E-state index in [2.05, 4.69) is 4.98 Å². The maximum atomic E-state index is 12.9. The fraction of sp³-hybridized carbons (Fsp3) is 0.143. The van der Waals surface area contributed by atoms with Gasteiger partial charge >= 0.3 is 0 Å². The van der Waals surface area contributed by atoms with Crippen molar-refractivity contribution in [3.8, 4) is 22.5 Å². The summed E-state index contributed by atoms with van der Waals surface area (Å²) in [6.45, 7) is 6.02. The van der Waals surface area contributed by atoms with Gasteiger partial charge in [0, 0.05) is 21.0 Å². The number of aromatic nitrogens is 2. The second-order valence-corrected chi connectivity index (χ2v) is 8.07. The van der Waals surface area contributed by atoms with E-state index < -0.39 is 0 Å². The third kappa shape index (κ3) is 2.85. The molecule has 3 nitrogen and oxygen atoms in total. The zero-order valence-electron chi connectivity index (χ0n) is 14.7. The molecular formula is C21H17ClN2OS. The molecule has 0 radical (unpaired) electrons. The number of halogens is 1. The van der Waals surface area contributed by atoms with Crippen molar-refractivity contribution < 1.29 is 0 Å². The van der Waals surface area contributed by atoms with Crippen molar-refractivity contribution in [2.24, 2.45) is 0 Å². The highest BCUT2D eigenvalue weighted by Gasteiger charge is 2.17. The van der Waals surface area contributed by atoms with Crippen molar-refractivity contribution in [3.05, 3.63) is 73.8 Å². The molecule has 0 saturated carbocycles. The molecule has 0 fully saturated rings. The molecule has 0 saturated heterocycles. The summed E-state index contributed by atoms with van der Waals surface area (Å²) in [6, 6.07) is 13.8. The van der Waals surface area contributed by atoms with Crippen LogP contribution >= 0.6 is 22.9 Å². The van der Waals surface area contributed by atoms with Gasteiger partial charge in [0.05, 0.1) is 5.39 Å². The predicted octanol–water partition coefficient (Wildman–Crippen LogP) is 5.90. The quantitative estimate of drug-likeness (QED) is 0.470. The zero-order valence-corrected chi connectivity index (χ0v) is 16.3. The molecule has 0 spiro atoms. The third-order valence-corrected chi connectivity index (χ3v) is 5.93. The molecule has 2 heterocycles. The molecule has 0 unspecified atom stereocenters. The number of nitrogens with one attached hydrogen (secondary N) is 1. The number of fused-ring (bicyclic) bond motifs is 1. The van der Waals surface area contributed by atoms with Crippen LogP contribution in [-0.4, -0.2) is 9.97 Å². The highest BCUT2D eigenvalue weighted by atomic mass is 35.5. The third-order valence-electron chi connectivity index (χ3n) is 4.51. The SMILES string of the molecule is Cc1ccc(-c2nc3sc(C)c(-c4ccc(Cl)c(C)c4)c3c(=O)[nH]2)cc1. The van der Waals surface area contributed by atoms with Crippen LogP contribution in [-0.2, 0) is 0 Å². The molecule has 0 amide bonds. The number of aromatic amines is 1. The number of thiophene rings is 1. The molecule has 0 atom stereocenters. The Hall–Kier alpha value is -2.43. The minimum absolute atomic E-state index is 0.113. The Morgan fingerprint density at radius 2 is 1.69 bits per heavy atom. The molecule has 0 aliphatic heterocycles. The van der Waals surface area contributed by atoms with E-state index >= 15 is 0 Å². The maximum Gasteiger partial charge on any atom is 0.260 e. The van der Waals surface area contributed by atoms with Gasteiger partial charge in [0.25, 0.3) is 5.56 Å². The van der Waals surface area contributed by atoms with Crippen molar-refractivity contribution in [2.45, 2.75) is 20.8 Å². The number of rotatable bonds is 2. The van der Waals surface area contributed by atoms with Crippen LogP contribution in [0.25, 0.3) is 32.7 Å². The first-order valence-corrected chi connectivity index (χ1v) is 9.50. The first kappa shape index (κ1) is 17.0. The molecule has 5 heteroatoms. The number of hydrogen-bond acceptors (Lipinski definition) is 3. The van der Waals surface area contributed by atoms with E-state index in [0.29, 0.717) is 11.2 Å². The molecule has 0 bridgehead atoms. The standard InChI is InChI=1S/C21H17ClN2OS/c1-11-4-6-14(7-5-11)19-23-20(25)18-17(13(3)26-21(18)24-19)15-8-9-16(22)12(2)10-15/h4-10H,1-3H3,(H,23,24,25). The van der Waals surface area contributed by atoms with Gasteiger partial charge in [-0.2, -0.15) is 0 Å². The first-order chi connectivity index (χ1) is 12.4. The minimum atomic E-state index is -0.113. The fourth-order valence-electron chi connectivity index (χ4n) is 3.11. The van der Waals surface area contributed by atoms with Crippen molar-refractivity contribution in [1.29, 1.82) is 0 Å². The molecule has 0 aliphatic carbocycles. The average molecular weight is 381 g/mol. The van der Waals surface area contributed by atoms with Crippen LogP contribution in [0.2, 0.25) is 5.02 Å².